The van der Waals surface area contributed by atoms with Gasteiger partial charge < -0.3 is 9.80 Å². The number of carbonyl (C=O) groups is 1. The van der Waals surface area contributed by atoms with Gasteiger partial charge in [0.25, 0.3) is 0 Å². The molecule has 0 aromatic carbocycles. The quantitative estimate of drug-likeness (QED) is 0.819. The van der Waals surface area contributed by atoms with Gasteiger partial charge >= 0.3 is 0 Å². The van der Waals surface area contributed by atoms with E-state index in [1.807, 2.05) is 18.8 Å². The molecule has 0 radical (unpaired) electrons. The highest BCUT2D eigenvalue weighted by Crippen LogP contribution is 2.33. The topological polar surface area (TPSA) is 49.3 Å². The van der Waals surface area contributed by atoms with E-state index in [2.05, 4.69) is 26.7 Å². The van der Waals surface area contributed by atoms with Gasteiger partial charge in [-0.1, -0.05) is 6.92 Å². The summed E-state index contributed by atoms with van der Waals surface area (Å²) in [6, 6.07) is 0.444. The van der Waals surface area contributed by atoms with Crippen LogP contribution in [0.15, 0.2) is 18.6 Å². The first-order chi connectivity index (χ1) is 11.7. The largest absolute Gasteiger partial charge is 0.355 e. The van der Waals surface area contributed by atoms with E-state index in [0.29, 0.717) is 11.9 Å². The van der Waals surface area contributed by atoms with Crippen LogP contribution in [0.2, 0.25) is 0 Å². The number of anilines is 1. The van der Waals surface area contributed by atoms with Crippen molar-refractivity contribution in [1.82, 2.24) is 14.9 Å². The Labute approximate surface area is 149 Å². The van der Waals surface area contributed by atoms with Crippen LogP contribution in [0, 0.1) is 5.92 Å². The fourth-order valence-corrected chi connectivity index (χ4v) is 5.07. The molecule has 1 saturated heterocycles. The van der Waals surface area contributed by atoms with Crippen molar-refractivity contribution in [2.75, 3.05) is 30.8 Å². The van der Waals surface area contributed by atoms with Gasteiger partial charge in [-0.3, -0.25) is 9.78 Å². The predicted octanol–water partition coefficient (Wildman–Crippen LogP) is 2.83. The summed E-state index contributed by atoms with van der Waals surface area (Å²) in [5, 5.41) is 0.744. The van der Waals surface area contributed by atoms with Crippen LogP contribution < -0.4 is 4.90 Å². The van der Waals surface area contributed by atoms with Crippen molar-refractivity contribution in [2.45, 2.75) is 50.3 Å². The van der Waals surface area contributed by atoms with Crippen LogP contribution in [0.4, 0.5) is 5.82 Å². The Kier molecular flexibility index (Phi) is 5.98. The molecule has 3 rings (SSSR count). The van der Waals surface area contributed by atoms with Gasteiger partial charge in [0.2, 0.25) is 5.91 Å². The third-order valence-electron chi connectivity index (χ3n) is 5.37. The van der Waals surface area contributed by atoms with Gasteiger partial charge in [0.05, 0.1) is 6.20 Å². The Morgan fingerprint density at radius 1 is 1.29 bits per heavy atom. The van der Waals surface area contributed by atoms with E-state index in [-0.39, 0.29) is 5.92 Å². The number of amides is 1. The summed E-state index contributed by atoms with van der Waals surface area (Å²) in [7, 11) is 2.01. The second kappa shape index (κ2) is 8.19. The van der Waals surface area contributed by atoms with Crippen molar-refractivity contribution in [2.24, 2.45) is 5.92 Å². The van der Waals surface area contributed by atoms with Crippen molar-refractivity contribution in [3.05, 3.63) is 18.6 Å². The standard InChI is InChI=1S/C18H28N4OS/c1-3-24-16-5-4-15(12-16)21(2)18(23)14-6-10-22(11-7-14)17-13-19-8-9-20-17/h8-9,13-16H,3-7,10-12H2,1-2H3. The molecular weight excluding hydrogens is 320 g/mol. The Balaban J connectivity index is 1.50. The molecule has 6 heteroatoms. The maximum absolute atomic E-state index is 12.9. The molecule has 5 nitrogen and oxygen atoms in total. The predicted molar refractivity (Wildman–Crippen MR) is 99.3 cm³/mol. The summed E-state index contributed by atoms with van der Waals surface area (Å²) >= 11 is 2.05. The number of rotatable bonds is 5. The first kappa shape index (κ1) is 17.5. The van der Waals surface area contributed by atoms with Crippen molar-refractivity contribution < 1.29 is 4.79 Å². The van der Waals surface area contributed by atoms with E-state index in [1.54, 1.807) is 18.6 Å². The lowest BCUT2D eigenvalue weighted by atomic mass is 9.94. The molecule has 1 aliphatic heterocycles. The molecule has 132 valence electrons. The molecular formula is C18H28N4OS. The Bertz CT molecular complexity index is 533. The van der Waals surface area contributed by atoms with Crippen LogP contribution in [0.5, 0.6) is 0 Å². The maximum atomic E-state index is 12.9. The average Bonchev–Trinajstić information content (AvgIpc) is 3.10. The van der Waals surface area contributed by atoms with Gasteiger partial charge in [-0.2, -0.15) is 11.8 Å². The van der Waals surface area contributed by atoms with Gasteiger partial charge in [0.15, 0.2) is 0 Å². The first-order valence-corrected chi connectivity index (χ1v) is 10.1. The van der Waals surface area contributed by atoms with E-state index in [1.165, 1.54) is 25.0 Å². The monoisotopic (exact) mass is 348 g/mol. The normalized spacial score (nSPS) is 25.0. The molecule has 1 aromatic rings. The van der Waals surface area contributed by atoms with Crippen LogP contribution in [0.3, 0.4) is 0 Å². The number of piperidine rings is 1. The molecule has 2 fully saturated rings. The van der Waals surface area contributed by atoms with Crippen molar-refractivity contribution >= 4 is 23.5 Å². The van der Waals surface area contributed by atoms with E-state index in [9.17, 15) is 4.79 Å². The zero-order valence-electron chi connectivity index (χ0n) is 14.7. The highest BCUT2D eigenvalue weighted by atomic mass is 32.2. The Hall–Kier alpha value is -1.30. The summed E-state index contributed by atoms with van der Waals surface area (Å²) in [5.74, 6) is 2.62. The van der Waals surface area contributed by atoms with Crippen molar-refractivity contribution in [3.8, 4) is 0 Å². The van der Waals surface area contributed by atoms with Crippen LogP contribution in [-0.2, 0) is 4.79 Å². The molecule has 2 unspecified atom stereocenters. The van der Waals surface area contributed by atoms with E-state index >= 15 is 0 Å². The lowest BCUT2D eigenvalue weighted by molar-refractivity contribution is -0.136. The van der Waals surface area contributed by atoms with E-state index in [0.717, 1.165) is 37.0 Å². The third kappa shape index (κ3) is 4.02. The molecule has 2 atom stereocenters. The minimum Gasteiger partial charge on any atom is -0.355 e. The van der Waals surface area contributed by atoms with Crippen LogP contribution >= 0.6 is 11.8 Å². The summed E-state index contributed by atoms with van der Waals surface area (Å²) in [6.07, 6.45) is 10.6. The van der Waals surface area contributed by atoms with Crippen molar-refractivity contribution in [1.29, 1.82) is 0 Å². The number of hydrogen-bond donors (Lipinski definition) is 0. The van der Waals surface area contributed by atoms with Gasteiger partial charge in [0, 0.05) is 49.7 Å². The minimum atomic E-state index is 0.167. The Morgan fingerprint density at radius 3 is 2.75 bits per heavy atom. The lowest BCUT2D eigenvalue weighted by Gasteiger charge is -2.35. The zero-order valence-corrected chi connectivity index (χ0v) is 15.5. The summed E-state index contributed by atoms with van der Waals surface area (Å²) in [5.41, 5.74) is 0. The number of carbonyl (C=O) groups excluding carboxylic acids is 1. The zero-order chi connectivity index (χ0) is 16.9. The molecule has 0 spiro atoms. The van der Waals surface area contributed by atoms with E-state index < -0.39 is 0 Å². The lowest BCUT2D eigenvalue weighted by Crippen LogP contribution is -2.44. The molecule has 0 N–H and O–H groups in total. The number of thioether (sulfide) groups is 1. The molecule has 1 aliphatic carbocycles. The number of nitrogens with zero attached hydrogens (tertiary/aromatic N) is 4. The average molecular weight is 349 g/mol. The molecule has 1 aromatic heterocycles. The summed E-state index contributed by atoms with van der Waals surface area (Å²) in [4.78, 5) is 25.7. The minimum absolute atomic E-state index is 0.167. The highest BCUT2D eigenvalue weighted by molar-refractivity contribution is 7.99. The first-order valence-electron chi connectivity index (χ1n) is 9.08. The molecule has 2 aliphatic rings. The SMILES string of the molecule is CCSC1CCC(N(C)C(=O)C2CCN(c3cnccn3)CC2)C1. The highest BCUT2D eigenvalue weighted by Gasteiger charge is 2.34. The van der Waals surface area contributed by atoms with E-state index in [4.69, 9.17) is 0 Å². The number of hydrogen-bond acceptors (Lipinski definition) is 5. The number of aromatic nitrogens is 2. The fourth-order valence-electron chi connectivity index (χ4n) is 3.93. The molecule has 0 bridgehead atoms. The van der Waals surface area contributed by atoms with Gasteiger partial charge in [-0.15, -0.1) is 0 Å². The summed E-state index contributed by atoms with van der Waals surface area (Å²) < 4.78 is 0. The summed E-state index contributed by atoms with van der Waals surface area (Å²) in [6.45, 7) is 4.00. The molecule has 1 amide bonds. The molecule has 1 saturated carbocycles. The second-order valence-electron chi connectivity index (χ2n) is 6.82. The third-order valence-corrected chi connectivity index (χ3v) is 6.61. The van der Waals surface area contributed by atoms with Crippen LogP contribution in [0.25, 0.3) is 0 Å². The molecule has 24 heavy (non-hydrogen) atoms. The van der Waals surface area contributed by atoms with Gasteiger partial charge in [0.1, 0.15) is 5.82 Å². The Morgan fingerprint density at radius 2 is 2.08 bits per heavy atom. The van der Waals surface area contributed by atoms with Gasteiger partial charge in [-0.05, 0) is 37.9 Å². The second-order valence-corrected chi connectivity index (χ2v) is 8.40. The smallest absolute Gasteiger partial charge is 0.225 e. The molecule has 2 heterocycles. The fraction of sp³-hybridized carbons (Fsp3) is 0.722. The van der Waals surface area contributed by atoms with Crippen LogP contribution in [0.1, 0.15) is 39.0 Å². The van der Waals surface area contributed by atoms with Crippen molar-refractivity contribution in [3.63, 3.8) is 0 Å². The van der Waals surface area contributed by atoms with Gasteiger partial charge in [-0.25, -0.2) is 4.98 Å². The maximum Gasteiger partial charge on any atom is 0.225 e. The van der Waals surface area contributed by atoms with Crippen LogP contribution in [-0.4, -0.2) is 58.0 Å².